The highest BCUT2D eigenvalue weighted by Crippen LogP contribution is 2.39. The molecule has 0 saturated carbocycles. The molecule has 8 aromatic carbocycles. The number of para-hydroxylation sites is 1. The Hall–Kier alpha value is -7.89. The predicted octanol–water partition coefficient (Wildman–Crippen LogP) is 13.7. The molecular formula is C53H34N4O. The number of furan rings is 1. The van der Waals surface area contributed by atoms with E-state index in [9.17, 15) is 0 Å². The third-order valence-electron chi connectivity index (χ3n) is 10.9. The van der Waals surface area contributed by atoms with Gasteiger partial charge >= 0.3 is 0 Å². The van der Waals surface area contributed by atoms with Crippen molar-refractivity contribution in [2.75, 3.05) is 0 Å². The zero-order valence-electron chi connectivity index (χ0n) is 31.3. The molecule has 0 radical (unpaired) electrons. The third kappa shape index (κ3) is 6.03. The molecular weight excluding hydrogens is 709 g/mol. The van der Waals surface area contributed by atoms with Crippen LogP contribution in [-0.4, -0.2) is 19.5 Å². The van der Waals surface area contributed by atoms with E-state index in [4.69, 9.17) is 19.4 Å². The summed E-state index contributed by atoms with van der Waals surface area (Å²) in [7, 11) is 0. The SMILES string of the molecule is c1ccc(-c2ccc3c(c2)c(-c2cccc(-c4ccc5oc6ccc(-c7nc(-c8ccccc8)nc(-c8ccccc8)n7)cc6c5c4)c2)cn3-c2ccccc2)cc1. The topological polar surface area (TPSA) is 56.7 Å². The first kappa shape index (κ1) is 33.4. The second-order valence-electron chi connectivity index (χ2n) is 14.5. The molecule has 5 nitrogen and oxygen atoms in total. The van der Waals surface area contributed by atoms with Gasteiger partial charge in [-0.15, -0.1) is 0 Å². The molecule has 58 heavy (non-hydrogen) atoms. The molecule has 11 aromatic rings. The number of benzene rings is 8. The minimum absolute atomic E-state index is 0.609. The number of nitrogens with zero attached hydrogens (tertiary/aromatic N) is 4. The van der Waals surface area contributed by atoms with Crippen LogP contribution < -0.4 is 0 Å². The summed E-state index contributed by atoms with van der Waals surface area (Å²) < 4.78 is 8.70. The van der Waals surface area contributed by atoms with Gasteiger partial charge in [-0.2, -0.15) is 0 Å². The van der Waals surface area contributed by atoms with Gasteiger partial charge in [0.25, 0.3) is 0 Å². The molecule has 3 aromatic heterocycles. The smallest absolute Gasteiger partial charge is 0.164 e. The van der Waals surface area contributed by atoms with Gasteiger partial charge in [-0.25, -0.2) is 15.0 Å². The Balaban J connectivity index is 1.02. The van der Waals surface area contributed by atoms with Crippen molar-refractivity contribution >= 4 is 32.8 Å². The maximum atomic E-state index is 6.40. The first-order chi connectivity index (χ1) is 28.7. The number of hydrogen-bond donors (Lipinski definition) is 0. The third-order valence-corrected chi connectivity index (χ3v) is 10.9. The first-order valence-electron chi connectivity index (χ1n) is 19.4. The lowest BCUT2D eigenvalue weighted by Gasteiger charge is -2.08. The van der Waals surface area contributed by atoms with E-state index in [0.29, 0.717) is 17.5 Å². The molecule has 0 aliphatic carbocycles. The maximum Gasteiger partial charge on any atom is 0.164 e. The average Bonchev–Trinajstić information content (AvgIpc) is 3.88. The van der Waals surface area contributed by atoms with Crippen LogP contribution in [0.3, 0.4) is 0 Å². The molecule has 0 aliphatic rings. The van der Waals surface area contributed by atoms with Crippen LogP contribution in [0.15, 0.2) is 211 Å². The van der Waals surface area contributed by atoms with E-state index in [1.165, 1.54) is 27.6 Å². The van der Waals surface area contributed by atoms with Crippen LogP contribution in [0.5, 0.6) is 0 Å². The second kappa shape index (κ2) is 14.0. The summed E-state index contributed by atoms with van der Waals surface area (Å²) >= 11 is 0. The molecule has 272 valence electrons. The van der Waals surface area contributed by atoms with Crippen molar-refractivity contribution in [3.63, 3.8) is 0 Å². The van der Waals surface area contributed by atoms with Gasteiger partial charge in [0.05, 0.1) is 5.52 Å². The molecule has 3 heterocycles. The second-order valence-corrected chi connectivity index (χ2v) is 14.5. The molecule has 0 unspecified atom stereocenters. The van der Waals surface area contributed by atoms with Crippen molar-refractivity contribution in [3.8, 4) is 73.2 Å². The monoisotopic (exact) mass is 742 g/mol. The quantitative estimate of drug-likeness (QED) is 0.163. The van der Waals surface area contributed by atoms with Crippen LogP contribution in [0.2, 0.25) is 0 Å². The lowest BCUT2D eigenvalue weighted by atomic mass is 9.96. The van der Waals surface area contributed by atoms with Gasteiger partial charge in [0, 0.05) is 50.3 Å². The Morgan fingerprint density at radius 3 is 1.41 bits per heavy atom. The minimum atomic E-state index is 0.609. The van der Waals surface area contributed by atoms with Crippen LogP contribution in [0.4, 0.5) is 0 Å². The van der Waals surface area contributed by atoms with E-state index >= 15 is 0 Å². The summed E-state index contributed by atoms with van der Waals surface area (Å²) in [6, 6.07) is 69.6. The van der Waals surface area contributed by atoms with Gasteiger partial charge in [0.1, 0.15) is 11.2 Å². The van der Waals surface area contributed by atoms with Crippen LogP contribution in [0, 0.1) is 0 Å². The van der Waals surface area contributed by atoms with Gasteiger partial charge < -0.3 is 8.98 Å². The molecule has 0 spiro atoms. The average molecular weight is 743 g/mol. The van der Waals surface area contributed by atoms with E-state index in [2.05, 4.69) is 138 Å². The number of fused-ring (bicyclic) bond motifs is 4. The molecule has 0 atom stereocenters. The standard InChI is InChI=1S/C53H34N4O/c1-5-14-35(15-6-1)39-24-27-48-44(31-39)47(34-57(48)43-22-11-4-12-23-43)41-21-13-20-38(30-41)40-25-28-49-45(32-40)46-33-42(26-29-50(46)58-49)53-55-51(36-16-7-2-8-17-36)54-52(56-53)37-18-9-3-10-19-37/h1-34H. The molecule has 5 heteroatoms. The Kier molecular flexibility index (Phi) is 8.07. The molecule has 0 amide bonds. The summed E-state index contributed by atoms with van der Waals surface area (Å²) in [6.45, 7) is 0. The molecule has 0 fully saturated rings. The van der Waals surface area contributed by atoms with Crippen LogP contribution in [0.25, 0.3) is 106 Å². The minimum Gasteiger partial charge on any atom is -0.456 e. The van der Waals surface area contributed by atoms with Crippen molar-refractivity contribution in [3.05, 3.63) is 206 Å². The zero-order valence-corrected chi connectivity index (χ0v) is 31.3. The Bertz CT molecular complexity index is 3200. The van der Waals surface area contributed by atoms with Gasteiger partial charge in [-0.05, 0) is 88.5 Å². The molecule has 0 aliphatic heterocycles. The van der Waals surface area contributed by atoms with Crippen molar-refractivity contribution in [1.29, 1.82) is 0 Å². The van der Waals surface area contributed by atoms with Crippen LogP contribution in [-0.2, 0) is 0 Å². The highest BCUT2D eigenvalue weighted by molar-refractivity contribution is 6.08. The number of aromatic nitrogens is 4. The molecule has 0 N–H and O–H groups in total. The van der Waals surface area contributed by atoms with Crippen LogP contribution in [0.1, 0.15) is 0 Å². The Morgan fingerprint density at radius 2 is 0.776 bits per heavy atom. The van der Waals surface area contributed by atoms with Gasteiger partial charge in [0.15, 0.2) is 17.5 Å². The van der Waals surface area contributed by atoms with E-state index in [1.807, 2.05) is 72.8 Å². The van der Waals surface area contributed by atoms with E-state index < -0.39 is 0 Å². The van der Waals surface area contributed by atoms with Crippen molar-refractivity contribution in [1.82, 2.24) is 19.5 Å². The fourth-order valence-electron chi connectivity index (χ4n) is 7.97. The number of rotatable bonds is 7. The zero-order chi connectivity index (χ0) is 38.4. The Morgan fingerprint density at radius 1 is 0.328 bits per heavy atom. The maximum absolute atomic E-state index is 6.40. The summed E-state index contributed by atoms with van der Waals surface area (Å²) in [5.41, 5.74) is 13.7. The van der Waals surface area contributed by atoms with Gasteiger partial charge in [-0.3, -0.25) is 0 Å². The molecule has 11 rings (SSSR count). The van der Waals surface area contributed by atoms with Crippen LogP contribution >= 0.6 is 0 Å². The summed E-state index contributed by atoms with van der Waals surface area (Å²) in [5, 5.41) is 3.25. The van der Waals surface area contributed by atoms with Crippen molar-refractivity contribution in [2.24, 2.45) is 0 Å². The van der Waals surface area contributed by atoms with Crippen molar-refractivity contribution < 1.29 is 4.42 Å². The molecule has 0 saturated heterocycles. The summed E-state index contributed by atoms with van der Waals surface area (Å²) in [4.78, 5) is 14.9. The Labute approximate surface area is 335 Å². The van der Waals surface area contributed by atoms with Gasteiger partial charge in [-0.1, -0.05) is 140 Å². The number of hydrogen-bond acceptors (Lipinski definition) is 4. The van der Waals surface area contributed by atoms with E-state index in [0.717, 1.165) is 61.0 Å². The lowest BCUT2D eigenvalue weighted by molar-refractivity contribution is 0.669. The summed E-state index contributed by atoms with van der Waals surface area (Å²) in [6.07, 6.45) is 2.27. The fourth-order valence-corrected chi connectivity index (χ4v) is 7.97. The first-order valence-corrected chi connectivity index (χ1v) is 19.4. The predicted molar refractivity (Wildman–Crippen MR) is 237 cm³/mol. The lowest BCUT2D eigenvalue weighted by Crippen LogP contribution is -2.00. The van der Waals surface area contributed by atoms with E-state index in [-0.39, 0.29) is 0 Å². The largest absolute Gasteiger partial charge is 0.456 e. The highest BCUT2D eigenvalue weighted by atomic mass is 16.3. The van der Waals surface area contributed by atoms with E-state index in [1.54, 1.807) is 0 Å². The molecule has 0 bridgehead atoms. The summed E-state index contributed by atoms with van der Waals surface area (Å²) in [5.74, 6) is 1.87. The van der Waals surface area contributed by atoms with Gasteiger partial charge in [0.2, 0.25) is 0 Å². The fraction of sp³-hybridized carbons (Fsp3) is 0. The van der Waals surface area contributed by atoms with Crippen molar-refractivity contribution in [2.45, 2.75) is 0 Å². The highest BCUT2D eigenvalue weighted by Gasteiger charge is 2.17. The normalized spacial score (nSPS) is 11.4.